The number of anilines is 1. The summed E-state index contributed by atoms with van der Waals surface area (Å²) >= 11 is 1.28. The largest absolute Gasteiger partial charge is 0.349 e. The van der Waals surface area contributed by atoms with Crippen LogP contribution in [0.15, 0.2) is 24.3 Å². The van der Waals surface area contributed by atoms with Gasteiger partial charge in [-0.05, 0) is 25.0 Å². The Morgan fingerprint density at radius 2 is 2.04 bits per heavy atom. The number of carbonyl (C=O) groups excluding carboxylic acids is 3. The highest BCUT2D eigenvalue weighted by Gasteiger charge is 2.25. The van der Waals surface area contributed by atoms with E-state index in [0.29, 0.717) is 24.3 Å². The predicted octanol–water partition coefficient (Wildman–Crippen LogP) is 2.08. The van der Waals surface area contributed by atoms with Crippen LogP contribution in [0.1, 0.15) is 29.6 Å². The van der Waals surface area contributed by atoms with Gasteiger partial charge in [-0.2, -0.15) is 0 Å². The van der Waals surface area contributed by atoms with Crippen LogP contribution in [-0.4, -0.2) is 46.8 Å². The summed E-state index contributed by atoms with van der Waals surface area (Å²) in [5.74, 6) is 0.431. The van der Waals surface area contributed by atoms with E-state index >= 15 is 0 Å². The molecule has 122 valence electrons. The van der Waals surface area contributed by atoms with E-state index < -0.39 is 0 Å². The van der Waals surface area contributed by atoms with Crippen LogP contribution < -0.4 is 10.6 Å². The molecule has 1 aromatic carbocycles. The summed E-state index contributed by atoms with van der Waals surface area (Å²) in [6, 6.07) is 7.25. The number of hydrogen-bond acceptors (Lipinski definition) is 4. The van der Waals surface area contributed by atoms with Gasteiger partial charge in [0.1, 0.15) is 0 Å². The highest BCUT2D eigenvalue weighted by atomic mass is 32.2. The molecule has 0 unspecified atom stereocenters. The molecule has 1 aliphatic carbocycles. The van der Waals surface area contributed by atoms with E-state index in [2.05, 4.69) is 10.6 Å². The van der Waals surface area contributed by atoms with Crippen molar-refractivity contribution in [3.05, 3.63) is 29.8 Å². The maximum Gasteiger partial charge on any atom is 0.281 e. The van der Waals surface area contributed by atoms with Gasteiger partial charge in [0.25, 0.3) is 11.1 Å². The molecule has 3 amide bonds. The Hall–Kier alpha value is -2.02. The lowest BCUT2D eigenvalue weighted by Crippen LogP contribution is -2.29. The number of carbonyl (C=O) groups is 3. The van der Waals surface area contributed by atoms with Crippen LogP contribution in [0.5, 0.6) is 0 Å². The Labute approximate surface area is 139 Å². The van der Waals surface area contributed by atoms with Gasteiger partial charge in [0.15, 0.2) is 0 Å². The number of amides is 3. The van der Waals surface area contributed by atoms with Crippen LogP contribution in [0.4, 0.5) is 10.5 Å². The molecule has 23 heavy (non-hydrogen) atoms. The number of thioether (sulfide) groups is 1. The monoisotopic (exact) mass is 333 g/mol. The second-order valence-corrected chi connectivity index (χ2v) is 6.74. The van der Waals surface area contributed by atoms with E-state index in [9.17, 15) is 14.4 Å². The minimum atomic E-state index is -0.193. The third-order valence-electron chi connectivity index (χ3n) is 3.81. The lowest BCUT2D eigenvalue weighted by atomic mass is 10.1. The van der Waals surface area contributed by atoms with Crippen molar-refractivity contribution in [2.24, 2.45) is 0 Å². The quantitative estimate of drug-likeness (QED) is 0.835. The van der Waals surface area contributed by atoms with E-state index in [1.165, 1.54) is 11.8 Å². The van der Waals surface area contributed by atoms with Crippen molar-refractivity contribution >= 4 is 34.5 Å². The third-order valence-corrected chi connectivity index (χ3v) is 4.70. The standard InChI is InChI=1S/C16H19N3O3S/c20-14(7-8-19-9-10-23-16(19)22)18-13-4-2-1-3-12(13)15(21)17-11-5-6-11/h1-4,11H,5-10H2,(H,17,21)(H,18,20). The Morgan fingerprint density at radius 3 is 2.74 bits per heavy atom. The fourth-order valence-electron chi connectivity index (χ4n) is 2.36. The van der Waals surface area contributed by atoms with Gasteiger partial charge in [0.2, 0.25) is 5.91 Å². The highest BCUT2D eigenvalue weighted by molar-refractivity contribution is 8.13. The van der Waals surface area contributed by atoms with Crippen molar-refractivity contribution in [3.8, 4) is 0 Å². The highest BCUT2D eigenvalue weighted by Crippen LogP contribution is 2.22. The van der Waals surface area contributed by atoms with Crippen molar-refractivity contribution in [2.75, 3.05) is 24.2 Å². The first-order valence-electron chi connectivity index (χ1n) is 7.75. The zero-order valence-electron chi connectivity index (χ0n) is 12.7. The fraction of sp³-hybridized carbons (Fsp3) is 0.438. The van der Waals surface area contributed by atoms with Crippen molar-refractivity contribution < 1.29 is 14.4 Å². The number of benzene rings is 1. The molecule has 1 heterocycles. The molecule has 2 aliphatic rings. The van der Waals surface area contributed by atoms with Crippen LogP contribution in [0, 0.1) is 0 Å². The predicted molar refractivity (Wildman–Crippen MR) is 89.6 cm³/mol. The van der Waals surface area contributed by atoms with Gasteiger partial charge in [-0.25, -0.2) is 0 Å². The lowest BCUT2D eigenvalue weighted by Gasteiger charge is -2.15. The van der Waals surface area contributed by atoms with Crippen LogP contribution >= 0.6 is 11.8 Å². The molecular formula is C16H19N3O3S. The molecule has 6 nitrogen and oxygen atoms in total. The number of para-hydroxylation sites is 1. The summed E-state index contributed by atoms with van der Waals surface area (Å²) in [7, 11) is 0. The topological polar surface area (TPSA) is 78.5 Å². The normalized spacial score (nSPS) is 17.2. The van der Waals surface area contributed by atoms with Gasteiger partial charge in [0, 0.05) is 31.3 Å². The summed E-state index contributed by atoms with van der Waals surface area (Å²) in [4.78, 5) is 37.5. The maximum atomic E-state index is 12.2. The van der Waals surface area contributed by atoms with E-state index in [1.807, 2.05) is 0 Å². The molecule has 1 saturated heterocycles. The molecular weight excluding hydrogens is 314 g/mol. The van der Waals surface area contributed by atoms with Crippen LogP contribution in [0.2, 0.25) is 0 Å². The van der Waals surface area contributed by atoms with Crippen molar-refractivity contribution in [1.29, 1.82) is 0 Å². The Morgan fingerprint density at radius 1 is 1.26 bits per heavy atom. The molecule has 0 atom stereocenters. The van der Waals surface area contributed by atoms with E-state index in [0.717, 1.165) is 18.6 Å². The average molecular weight is 333 g/mol. The third kappa shape index (κ3) is 4.25. The molecule has 0 aromatic heterocycles. The summed E-state index contributed by atoms with van der Waals surface area (Å²) in [5.41, 5.74) is 0.985. The Bertz CT molecular complexity index is 631. The maximum absolute atomic E-state index is 12.2. The van der Waals surface area contributed by atoms with Crippen molar-refractivity contribution in [1.82, 2.24) is 10.2 Å². The average Bonchev–Trinajstić information content (AvgIpc) is 3.25. The van der Waals surface area contributed by atoms with Gasteiger partial charge in [-0.15, -0.1) is 0 Å². The minimum absolute atomic E-state index is 0.0296. The smallest absolute Gasteiger partial charge is 0.281 e. The molecule has 1 saturated carbocycles. The molecule has 0 spiro atoms. The molecule has 1 aromatic rings. The van der Waals surface area contributed by atoms with Crippen molar-refractivity contribution in [2.45, 2.75) is 25.3 Å². The molecule has 0 bridgehead atoms. The van der Waals surface area contributed by atoms with Gasteiger partial charge < -0.3 is 15.5 Å². The molecule has 3 rings (SSSR count). The number of rotatable bonds is 6. The summed E-state index contributed by atoms with van der Waals surface area (Å²) < 4.78 is 0. The Kier molecular flexibility index (Phi) is 4.85. The molecule has 2 fully saturated rings. The minimum Gasteiger partial charge on any atom is -0.349 e. The first-order chi connectivity index (χ1) is 11.1. The van der Waals surface area contributed by atoms with Gasteiger partial charge in [-0.1, -0.05) is 23.9 Å². The van der Waals surface area contributed by atoms with Gasteiger partial charge in [0.05, 0.1) is 11.3 Å². The van der Waals surface area contributed by atoms with Crippen LogP contribution in [0.25, 0.3) is 0 Å². The zero-order chi connectivity index (χ0) is 16.2. The second kappa shape index (κ2) is 7.04. The number of nitrogens with zero attached hydrogens (tertiary/aromatic N) is 1. The summed E-state index contributed by atoms with van der Waals surface area (Å²) in [6.07, 6.45) is 2.26. The molecule has 0 radical (unpaired) electrons. The van der Waals surface area contributed by atoms with Gasteiger partial charge >= 0.3 is 0 Å². The fourth-order valence-corrected chi connectivity index (χ4v) is 3.21. The second-order valence-electron chi connectivity index (χ2n) is 5.69. The summed E-state index contributed by atoms with van der Waals surface area (Å²) in [5, 5.41) is 5.73. The first-order valence-corrected chi connectivity index (χ1v) is 8.73. The van der Waals surface area contributed by atoms with E-state index in [4.69, 9.17) is 0 Å². The number of hydrogen-bond donors (Lipinski definition) is 2. The van der Waals surface area contributed by atoms with Crippen LogP contribution in [-0.2, 0) is 4.79 Å². The lowest BCUT2D eigenvalue weighted by molar-refractivity contribution is -0.116. The zero-order valence-corrected chi connectivity index (χ0v) is 13.5. The summed E-state index contributed by atoms with van der Waals surface area (Å²) in [6.45, 7) is 1.10. The van der Waals surface area contributed by atoms with Gasteiger partial charge in [-0.3, -0.25) is 14.4 Å². The molecule has 7 heteroatoms. The molecule has 1 aliphatic heterocycles. The number of nitrogens with one attached hydrogen (secondary N) is 2. The van der Waals surface area contributed by atoms with Crippen molar-refractivity contribution in [3.63, 3.8) is 0 Å². The molecule has 2 N–H and O–H groups in total. The Balaban J connectivity index is 1.57. The van der Waals surface area contributed by atoms with Crippen LogP contribution in [0.3, 0.4) is 0 Å². The van der Waals surface area contributed by atoms with E-state index in [-0.39, 0.29) is 29.5 Å². The SMILES string of the molecule is O=C(CCN1CCSC1=O)Nc1ccccc1C(=O)NC1CC1. The van der Waals surface area contributed by atoms with E-state index in [1.54, 1.807) is 29.2 Å². The first kappa shape index (κ1) is 15.9.